The zero-order valence-corrected chi connectivity index (χ0v) is 8.62. The van der Waals surface area contributed by atoms with Crippen molar-refractivity contribution in [1.29, 1.82) is 0 Å². The van der Waals surface area contributed by atoms with Gasteiger partial charge in [0.15, 0.2) is 0 Å². The first kappa shape index (κ1) is 8.66. The largest absolute Gasteiger partial charge is 0.393 e. The van der Waals surface area contributed by atoms with E-state index in [2.05, 4.69) is 18.2 Å². The predicted octanol–water partition coefficient (Wildman–Crippen LogP) is 2.73. The van der Waals surface area contributed by atoms with Crippen LogP contribution in [0.3, 0.4) is 0 Å². The monoisotopic (exact) mass is 207 g/mol. The van der Waals surface area contributed by atoms with Crippen molar-refractivity contribution in [2.75, 3.05) is 0 Å². The molecule has 2 aromatic rings. The third kappa shape index (κ3) is 1.87. The highest BCUT2D eigenvalue weighted by atomic mass is 32.1. The van der Waals surface area contributed by atoms with Crippen LogP contribution in [-0.2, 0) is 6.42 Å². The highest BCUT2D eigenvalue weighted by Gasteiger charge is 2.01. The first-order valence-corrected chi connectivity index (χ1v) is 5.24. The molecule has 0 bridgehead atoms. The average Bonchev–Trinajstić information content (AvgIpc) is 2.44. The molecule has 2 rings (SSSR count). The van der Waals surface area contributed by atoms with E-state index in [1.54, 1.807) is 11.3 Å². The van der Waals surface area contributed by atoms with Crippen molar-refractivity contribution < 1.29 is 0 Å². The van der Waals surface area contributed by atoms with Gasteiger partial charge in [0.2, 0.25) is 0 Å². The van der Waals surface area contributed by atoms with Crippen LogP contribution in [0.2, 0.25) is 0 Å². The molecule has 1 heterocycles. The van der Waals surface area contributed by atoms with Crippen molar-refractivity contribution in [3.8, 4) is 0 Å². The number of thiocarbonyl (C=S) groups is 1. The van der Waals surface area contributed by atoms with Crippen LogP contribution in [0.15, 0.2) is 30.3 Å². The molecule has 0 aliphatic rings. The van der Waals surface area contributed by atoms with Crippen molar-refractivity contribution in [1.82, 2.24) is 0 Å². The molecule has 0 fully saturated rings. The van der Waals surface area contributed by atoms with Crippen LogP contribution in [0.5, 0.6) is 0 Å². The molecule has 0 radical (unpaired) electrons. The molecule has 13 heavy (non-hydrogen) atoms. The Bertz CT molecular complexity index is 412. The first-order chi connectivity index (χ1) is 6.25. The van der Waals surface area contributed by atoms with Gasteiger partial charge in [0.05, 0.1) is 4.99 Å². The minimum absolute atomic E-state index is 0.562. The quantitative estimate of drug-likeness (QED) is 0.766. The Kier molecular flexibility index (Phi) is 2.29. The van der Waals surface area contributed by atoms with E-state index in [0.29, 0.717) is 11.4 Å². The molecule has 0 aliphatic carbocycles. The summed E-state index contributed by atoms with van der Waals surface area (Å²) >= 11 is 6.62. The summed E-state index contributed by atoms with van der Waals surface area (Å²) in [6.07, 6.45) is 0.717. The van der Waals surface area contributed by atoms with Crippen LogP contribution in [0, 0.1) is 0 Å². The summed E-state index contributed by atoms with van der Waals surface area (Å²) in [5, 5.41) is 1.28. The Labute approximate surface area is 86.2 Å². The van der Waals surface area contributed by atoms with Crippen LogP contribution in [0.1, 0.15) is 4.88 Å². The maximum atomic E-state index is 5.48. The van der Waals surface area contributed by atoms with Crippen molar-refractivity contribution in [3.63, 3.8) is 0 Å². The van der Waals surface area contributed by atoms with E-state index in [1.807, 2.05) is 12.1 Å². The number of hydrogen-bond acceptors (Lipinski definition) is 2. The minimum Gasteiger partial charge on any atom is -0.393 e. The van der Waals surface area contributed by atoms with Crippen molar-refractivity contribution in [3.05, 3.63) is 35.2 Å². The SMILES string of the molecule is NC(=S)Cc1cc2ccccc2s1. The standard InChI is InChI=1S/C10H9NS2/c11-10(12)6-8-5-7-3-1-2-4-9(7)13-8/h1-5H,6H2,(H2,11,12). The third-order valence-corrected chi connectivity index (χ3v) is 3.09. The Morgan fingerprint density at radius 3 is 2.85 bits per heavy atom. The molecular weight excluding hydrogens is 198 g/mol. The second-order valence-electron chi connectivity index (χ2n) is 2.89. The second kappa shape index (κ2) is 3.44. The van der Waals surface area contributed by atoms with E-state index < -0.39 is 0 Å². The van der Waals surface area contributed by atoms with E-state index in [1.165, 1.54) is 15.0 Å². The number of benzene rings is 1. The van der Waals surface area contributed by atoms with Crippen molar-refractivity contribution >= 4 is 38.6 Å². The van der Waals surface area contributed by atoms with Crippen LogP contribution in [0.4, 0.5) is 0 Å². The van der Waals surface area contributed by atoms with E-state index in [4.69, 9.17) is 18.0 Å². The van der Waals surface area contributed by atoms with Crippen molar-refractivity contribution in [2.45, 2.75) is 6.42 Å². The molecule has 2 N–H and O–H groups in total. The molecule has 0 atom stereocenters. The van der Waals surface area contributed by atoms with Gasteiger partial charge in [-0.15, -0.1) is 11.3 Å². The van der Waals surface area contributed by atoms with Crippen LogP contribution in [-0.4, -0.2) is 4.99 Å². The van der Waals surface area contributed by atoms with Gasteiger partial charge in [-0.3, -0.25) is 0 Å². The number of nitrogens with two attached hydrogens (primary N) is 1. The smallest absolute Gasteiger partial charge is 0.0780 e. The van der Waals surface area contributed by atoms with E-state index >= 15 is 0 Å². The predicted molar refractivity (Wildman–Crippen MR) is 62.3 cm³/mol. The second-order valence-corrected chi connectivity index (χ2v) is 4.59. The summed E-state index contributed by atoms with van der Waals surface area (Å²) in [6, 6.07) is 10.5. The molecule has 0 aliphatic heterocycles. The van der Waals surface area contributed by atoms with Gasteiger partial charge >= 0.3 is 0 Å². The number of thiophene rings is 1. The fourth-order valence-electron chi connectivity index (χ4n) is 1.30. The van der Waals surface area contributed by atoms with Gasteiger partial charge in [0.1, 0.15) is 0 Å². The lowest BCUT2D eigenvalue weighted by atomic mass is 10.2. The minimum atomic E-state index is 0.562. The molecule has 0 amide bonds. The molecule has 0 unspecified atom stereocenters. The van der Waals surface area contributed by atoms with E-state index in [-0.39, 0.29) is 0 Å². The van der Waals surface area contributed by atoms with Gasteiger partial charge in [-0.2, -0.15) is 0 Å². The zero-order valence-electron chi connectivity index (χ0n) is 6.99. The summed E-state index contributed by atoms with van der Waals surface area (Å²) in [6.45, 7) is 0. The van der Waals surface area contributed by atoms with E-state index in [9.17, 15) is 0 Å². The van der Waals surface area contributed by atoms with Crippen LogP contribution < -0.4 is 5.73 Å². The lowest BCUT2D eigenvalue weighted by Crippen LogP contribution is -2.09. The van der Waals surface area contributed by atoms with Gasteiger partial charge in [-0.05, 0) is 17.5 Å². The lowest BCUT2D eigenvalue weighted by Gasteiger charge is -1.90. The molecule has 1 aromatic heterocycles. The van der Waals surface area contributed by atoms with Gasteiger partial charge in [0.25, 0.3) is 0 Å². The Balaban J connectivity index is 2.44. The molecule has 0 saturated heterocycles. The average molecular weight is 207 g/mol. The molecule has 0 saturated carbocycles. The molecule has 66 valence electrons. The maximum Gasteiger partial charge on any atom is 0.0780 e. The third-order valence-electron chi connectivity index (χ3n) is 1.83. The fourth-order valence-corrected chi connectivity index (χ4v) is 2.63. The molecule has 0 spiro atoms. The highest BCUT2D eigenvalue weighted by molar-refractivity contribution is 7.80. The Hall–Kier alpha value is -0.930. The van der Waals surface area contributed by atoms with Gasteiger partial charge in [-0.25, -0.2) is 0 Å². The topological polar surface area (TPSA) is 26.0 Å². The molecule has 1 aromatic carbocycles. The summed E-state index contributed by atoms with van der Waals surface area (Å²) in [5.74, 6) is 0. The first-order valence-electron chi connectivity index (χ1n) is 4.01. The summed E-state index contributed by atoms with van der Waals surface area (Å²) < 4.78 is 1.30. The molecular formula is C10H9NS2. The number of rotatable bonds is 2. The number of hydrogen-bond donors (Lipinski definition) is 1. The fraction of sp³-hybridized carbons (Fsp3) is 0.100. The molecule has 1 nitrogen and oxygen atoms in total. The van der Waals surface area contributed by atoms with Gasteiger partial charge in [-0.1, -0.05) is 30.4 Å². The number of fused-ring (bicyclic) bond motifs is 1. The van der Waals surface area contributed by atoms with Gasteiger partial charge in [0, 0.05) is 16.0 Å². The Morgan fingerprint density at radius 1 is 1.38 bits per heavy atom. The van der Waals surface area contributed by atoms with Crippen molar-refractivity contribution in [2.24, 2.45) is 5.73 Å². The van der Waals surface area contributed by atoms with E-state index in [0.717, 1.165) is 0 Å². The maximum absolute atomic E-state index is 5.48. The van der Waals surface area contributed by atoms with Crippen LogP contribution in [0.25, 0.3) is 10.1 Å². The van der Waals surface area contributed by atoms with Gasteiger partial charge < -0.3 is 5.73 Å². The lowest BCUT2D eigenvalue weighted by molar-refractivity contribution is 1.42. The normalized spacial score (nSPS) is 10.5. The Morgan fingerprint density at radius 2 is 2.15 bits per heavy atom. The summed E-state index contributed by atoms with van der Waals surface area (Å²) in [5.41, 5.74) is 5.48. The zero-order chi connectivity index (χ0) is 9.26. The van der Waals surface area contributed by atoms with Crippen LogP contribution >= 0.6 is 23.6 Å². The molecule has 3 heteroatoms. The highest BCUT2D eigenvalue weighted by Crippen LogP contribution is 2.25. The summed E-state index contributed by atoms with van der Waals surface area (Å²) in [7, 11) is 0. The summed E-state index contributed by atoms with van der Waals surface area (Å²) in [4.78, 5) is 1.81.